The molecule has 2 aromatic rings. The topological polar surface area (TPSA) is 71.1 Å². The molecule has 1 aliphatic rings. The number of aryl methyl sites for hydroxylation is 1. The van der Waals surface area contributed by atoms with Gasteiger partial charge in [0.25, 0.3) is 0 Å². The zero-order valence-electron chi connectivity index (χ0n) is 12.4. The van der Waals surface area contributed by atoms with E-state index in [4.69, 9.17) is 4.74 Å². The van der Waals surface area contributed by atoms with E-state index in [1.807, 2.05) is 19.1 Å². The molecule has 0 aliphatic carbocycles. The maximum absolute atomic E-state index is 11.3. The highest BCUT2D eigenvalue weighted by atomic mass is 16.5. The minimum absolute atomic E-state index is 0.108. The number of fused-ring (bicyclic) bond motifs is 1. The van der Waals surface area contributed by atoms with Crippen LogP contribution in [-0.2, 0) is 6.42 Å². The van der Waals surface area contributed by atoms with Crippen LogP contribution in [0.2, 0.25) is 0 Å². The molecular formula is C15H18N4O2. The lowest BCUT2D eigenvalue weighted by Gasteiger charge is -2.35. The molecule has 0 bridgehead atoms. The van der Waals surface area contributed by atoms with Crippen LogP contribution in [0.15, 0.2) is 23.1 Å². The molecule has 1 atom stereocenters. The van der Waals surface area contributed by atoms with Crippen LogP contribution >= 0.6 is 0 Å². The predicted molar refractivity (Wildman–Crippen MR) is 79.8 cm³/mol. The fourth-order valence-corrected chi connectivity index (χ4v) is 2.80. The van der Waals surface area contributed by atoms with Crippen LogP contribution < -0.4 is 15.3 Å². The van der Waals surface area contributed by atoms with E-state index in [1.165, 1.54) is 0 Å². The minimum atomic E-state index is -0.287. The molecule has 0 saturated carbocycles. The van der Waals surface area contributed by atoms with Gasteiger partial charge in [0.1, 0.15) is 11.6 Å². The van der Waals surface area contributed by atoms with Crippen molar-refractivity contribution >= 4 is 5.82 Å². The molecule has 0 aromatic carbocycles. The number of nitrogens with zero attached hydrogens (tertiary/aromatic N) is 3. The second-order valence-electron chi connectivity index (χ2n) is 5.25. The Hall–Kier alpha value is -2.37. The molecule has 0 saturated heterocycles. The van der Waals surface area contributed by atoms with Crippen molar-refractivity contribution in [3.8, 4) is 5.75 Å². The predicted octanol–water partition coefficient (Wildman–Crippen LogP) is 1.61. The monoisotopic (exact) mass is 286 g/mol. The Morgan fingerprint density at radius 1 is 1.43 bits per heavy atom. The molecule has 0 radical (unpaired) electrons. The van der Waals surface area contributed by atoms with Crippen molar-refractivity contribution in [1.29, 1.82) is 0 Å². The zero-order valence-corrected chi connectivity index (χ0v) is 12.4. The highest BCUT2D eigenvalue weighted by Gasteiger charge is 2.26. The van der Waals surface area contributed by atoms with E-state index in [0.29, 0.717) is 0 Å². The summed E-state index contributed by atoms with van der Waals surface area (Å²) in [6.07, 6.45) is 2.44. The Morgan fingerprint density at radius 3 is 3.00 bits per heavy atom. The maximum Gasteiger partial charge on any atom is 0.345 e. The summed E-state index contributed by atoms with van der Waals surface area (Å²) >= 11 is 0. The number of aromatic amines is 1. The smallest absolute Gasteiger partial charge is 0.345 e. The SMILES string of the molecule is COc1cc(C)nc(N2CCc3[nH]c(=O)ncc3C2C)c1. The van der Waals surface area contributed by atoms with Crippen molar-refractivity contribution in [2.45, 2.75) is 26.3 Å². The lowest BCUT2D eigenvalue weighted by Crippen LogP contribution is -2.36. The van der Waals surface area contributed by atoms with E-state index in [2.05, 4.69) is 26.8 Å². The minimum Gasteiger partial charge on any atom is -0.497 e. The summed E-state index contributed by atoms with van der Waals surface area (Å²) in [6.45, 7) is 4.84. The normalized spacial score (nSPS) is 17.5. The van der Waals surface area contributed by atoms with Gasteiger partial charge >= 0.3 is 5.69 Å². The third-order valence-electron chi connectivity index (χ3n) is 3.89. The molecule has 6 heteroatoms. The molecule has 1 N–H and O–H groups in total. The van der Waals surface area contributed by atoms with Crippen LogP contribution in [0.5, 0.6) is 5.75 Å². The number of rotatable bonds is 2. The number of hydrogen-bond acceptors (Lipinski definition) is 5. The van der Waals surface area contributed by atoms with Gasteiger partial charge in [-0.3, -0.25) is 0 Å². The van der Waals surface area contributed by atoms with Crippen molar-refractivity contribution < 1.29 is 4.74 Å². The number of pyridine rings is 1. The number of ether oxygens (including phenoxy) is 1. The zero-order chi connectivity index (χ0) is 15.0. The lowest BCUT2D eigenvalue weighted by atomic mass is 10.00. The van der Waals surface area contributed by atoms with Crippen molar-refractivity contribution in [3.05, 3.63) is 45.8 Å². The van der Waals surface area contributed by atoms with Crippen molar-refractivity contribution in [3.63, 3.8) is 0 Å². The van der Waals surface area contributed by atoms with Gasteiger partial charge in [-0.2, -0.15) is 0 Å². The van der Waals surface area contributed by atoms with E-state index in [-0.39, 0.29) is 11.7 Å². The van der Waals surface area contributed by atoms with E-state index >= 15 is 0 Å². The summed E-state index contributed by atoms with van der Waals surface area (Å²) in [5, 5.41) is 0. The number of methoxy groups -OCH3 is 1. The highest BCUT2D eigenvalue weighted by molar-refractivity contribution is 5.49. The van der Waals surface area contributed by atoms with Gasteiger partial charge in [0.05, 0.1) is 13.2 Å². The van der Waals surface area contributed by atoms with E-state index in [9.17, 15) is 4.79 Å². The molecule has 3 heterocycles. The first-order valence-electron chi connectivity index (χ1n) is 6.96. The van der Waals surface area contributed by atoms with Gasteiger partial charge < -0.3 is 14.6 Å². The Morgan fingerprint density at radius 2 is 2.24 bits per heavy atom. The van der Waals surface area contributed by atoms with Crippen LogP contribution in [0.1, 0.15) is 29.9 Å². The van der Waals surface area contributed by atoms with Crippen LogP contribution in [0.4, 0.5) is 5.82 Å². The molecule has 0 amide bonds. The van der Waals surface area contributed by atoms with Gasteiger partial charge in [-0.25, -0.2) is 14.8 Å². The molecule has 0 spiro atoms. The van der Waals surface area contributed by atoms with Crippen LogP contribution in [0.3, 0.4) is 0 Å². The Bertz CT molecular complexity index is 726. The Balaban J connectivity index is 2.00. The Kier molecular flexibility index (Phi) is 3.37. The number of H-pyrrole nitrogens is 1. The first kappa shape index (κ1) is 13.6. The van der Waals surface area contributed by atoms with E-state index in [0.717, 1.165) is 41.5 Å². The van der Waals surface area contributed by atoms with Crippen molar-refractivity contribution in [2.75, 3.05) is 18.6 Å². The first-order chi connectivity index (χ1) is 10.1. The number of anilines is 1. The van der Waals surface area contributed by atoms with Crippen molar-refractivity contribution in [2.24, 2.45) is 0 Å². The second-order valence-corrected chi connectivity index (χ2v) is 5.25. The molecular weight excluding hydrogens is 268 g/mol. The highest BCUT2D eigenvalue weighted by Crippen LogP contribution is 2.32. The van der Waals surface area contributed by atoms with Gasteiger partial charge in [0.2, 0.25) is 0 Å². The molecule has 0 fully saturated rings. The number of aromatic nitrogens is 3. The number of hydrogen-bond donors (Lipinski definition) is 1. The van der Waals surface area contributed by atoms with Gasteiger partial charge in [-0.05, 0) is 13.8 Å². The largest absolute Gasteiger partial charge is 0.497 e. The molecule has 2 aromatic heterocycles. The molecule has 110 valence electrons. The fourth-order valence-electron chi connectivity index (χ4n) is 2.80. The fraction of sp³-hybridized carbons (Fsp3) is 0.400. The van der Waals surface area contributed by atoms with Gasteiger partial charge in [0, 0.05) is 48.2 Å². The summed E-state index contributed by atoms with van der Waals surface area (Å²) in [7, 11) is 1.65. The van der Waals surface area contributed by atoms with E-state index < -0.39 is 0 Å². The van der Waals surface area contributed by atoms with Gasteiger partial charge in [-0.15, -0.1) is 0 Å². The Labute approximate surface area is 122 Å². The summed E-state index contributed by atoms with van der Waals surface area (Å²) in [5.74, 6) is 1.69. The van der Waals surface area contributed by atoms with Gasteiger partial charge in [-0.1, -0.05) is 0 Å². The van der Waals surface area contributed by atoms with Crippen LogP contribution in [-0.4, -0.2) is 28.6 Å². The second kappa shape index (κ2) is 5.20. The summed E-state index contributed by atoms with van der Waals surface area (Å²) in [6, 6.07) is 3.95. The molecule has 3 rings (SSSR count). The average Bonchev–Trinajstić information content (AvgIpc) is 2.46. The summed E-state index contributed by atoms with van der Waals surface area (Å²) in [4.78, 5) is 24.8. The van der Waals surface area contributed by atoms with Crippen LogP contribution in [0.25, 0.3) is 0 Å². The first-order valence-corrected chi connectivity index (χ1v) is 6.96. The quantitative estimate of drug-likeness (QED) is 0.908. The van der Waals surface area contributed by atoms with E-state index in [1.54, 1.807) is 13.3 Å². The maximum atomic E-state index is 11.3. The molecule has 6 nitrogen and oxygen atoms in total. The average molecular weight is 286 g/mol. The third kappa shape index (κ3) is 2.49. The summed E-state index contributed by atoms with van der Waals surface area (Å²) < 4.78 is 5.32. The summed E-state index contributed by atoms with van der Waals surface area (Å²) in [5.41, 5.74) is 2.65. The molecule has 1 unspecified atom stereocenters. The molecule has 1 aliphatic heterocycles. The molecule has 21 heavy (non-hydrogen) atoms. The lowest BCUT2D eigenvalue weighted by molar-refractivity contribution is 0.413. The third-order valence-corrected chi connectivity index (χ3v) is 3.89. The standard InChI is InChI=1S/C15H18N4O2/c1-9-6-11(21-3)7-14(17-9)19-5-4-13-12(10(19)2)8-16-15(20)18-13/h6-8,10H,4-5H2,1-3H3,(H,16,18,20). The van der Waals surface area contributed by atoms with Crippen molar-refractivity contribution in [1.82, 2.24) is 15.0 Å². The van der Waals surface area contributed by atoms with Crippen LogP contribution in [0, 0.1) is 6.92 Å². The number of nitrogens with one attached hydrogen (secondary N) is 1. The van der Waals surface area contributed by atoms with Gasteiger partial charge in [0.15, 0.2) is 0 Å².